The van der Waals surface area contributed by atoms with Crippen LogP contribution in [0.25, 0.3) is 0 Å². The Kier molecular flexibility index (Phi) is 3.22. The zero-order chi connectivity index (χ0) is 10.8. The topological polar surface area (TPSA) is 84.6 Å². The van der Waals surface area contributed by atoms with E-state index in [1.807, 2.05) is 4.89 Å². The van der Waals surface area contributed by atoms with Crippen molar-refractivity contribution in [1.82, 2.24) is 4.89 Å². The van der Waals surface area contributed by atoms with Gasteiger partial charge in [0.2, 0.25) is 4.90 Å². The van der Waals surface area contributed by atoms with E-state index in [4.69, 9.17) is 5.73 Å². The Hall–Kier alpha value is -0.950. The van der Waals surface area contributed by atoms with E-state index in [0.717, 1.165) is 0 Å². The molecule has 0 aromatic heterocycles. The smallest absolute Gasteiger partial charge is 0.347 e. The van der Waals surface area contributed by atoms with Gasteiger partial charge in [0.1, 0.15) is 0 Å². The van der Waals surface area contributed by atoms with Crippen molar-refractivity contribution >= 4 is 16.1 Å². The molecule has 0 bridgehead atoms. The first kappa shape index (κ1) is 11.1. The standard InChI is InChI=1S/C8H12N2O3S/c1-6-3-4-7(9)5-8(6)14(11,12)10-13-2/h3-5H,9H2,1-2H3,(H-,10,11,12)/p+1. The molecule has 14 heavy (non-hydrogen) atoms. The highest BCUT2D eigenvalue weighted by Crippen LogP contribution is 2.21. The monoisotopic (exact) mass is 217 g/mol. The average Bonchev–Trinajstić information content (AvgIpc) is 2.09. The number of nitrogens with one attached hydrogen (secondary N) is 1. The van der Waals surface area contributed by atoms with Crippen molar-refractivity contribution in [3.8, 4) is 0 Å². The van der Waals surface area contributed by atoms with Gasteiger partial charge in [-0.05, 0) is 17.2 Å². The predicted molar refractivity (Wildman–Crippen MR) is 54.7 cm³/mol. The molecule has 6 heteroatoms. The molecule has 4 N–H and O–H groups in total. The van der Waals surface area contributed by atoms with E-state index >= 15 is 0 Å². The molecule has 0 fully saturated rings. The Labute approximate surface area is 83.6 Å². The lowest BCUT2D eigenvalue weighted by molar-refractivity contribution is 0.146. The molecule has 1 atom stereocenters. The molecule has 1 rings (SSSR count). The Morgan fingerprint density at radius 1 is 1.57 bits per heavy atom. The number of benzene rings is 1. The zero-order valence-electron chi connectivity index (χ0n) is 7.98. The van der Waals surface area contributed by atoms with Gasteiger partial charge in [0, 0.05) is 22.2 Å². The highest BCUT2D eigenvalue weighted by Gasteiger charge is 2.31. The lowest BCUT2D eigenvalue weighted by atomic mass is 10.2. The average molecular weight is 217 g/mol. The van der Waals surface area contributed by atoms with Crippen LogP contribution < -0.4 is 10.6 Å². The minimum Gasteiger partial charge on any atom is -0.399 e. The molecule has 0 amide bonds. The summed E-state index contributed by atoms with van der Waals surface area (Å²) in [5, 5.41) is 0. The molecule has 1 unspecified atom stereocenters. The third-order valence-electron chi connectivity index (χ3n) is 1.71. The minimum atomic E-state index is -3.37. The number of nitrogens with two attached hydrogens (primary N) is 1. The van der Waals surface area contributed by atoms with Crippen LogP contribution in [-0.4, -0.2) is 11.7 Å². The van der Waals surface area contributed by atoms with E-state index in [-0.39, 0.29) is 4.90 Å². The molecule has 5 nitrogen and oxygen atoms in total. The number of rotatable bonds is 3. The van der Waals surface area contributed by atoms with Crippen LogP contribution in [0.4, 0.5) is 5.69 Å². The van der Waals surface area contributed by atoms with Gasteiger partial charge in [-0.25, -0.2) is 0 Å². The molecule has 0 saturated carbocycles. The van der Waals surface area contributed by atoms with E-state index < -0.39 is 10.4 Å². The summed E-state index contributed by atoms with van der Waals surface area (Å²) in [4.78, 5) is 6.71. The first-order valence-corrected chi connectivity index (χ1v) is 5.41. The number of aryl methyl sites for hydroxylation is 1. The Morgan fingerprint density at radius 3 is 2.79 bits per heavy atom. The van der Waals surface area contributed by atoms with E-state index in [2.05, 4.69) is 4.84 Å². The second kappa shape index (κ2) is 4.05. The lowest BCUT2D eigenvalue weighted by Gasteiger charge is -2.06. The number of nitrogen functional groups attached to an aromatic ring is 1. The van der Waals surface area contributed by atoms with Crippen molar-refractivity contribution in [2.24, 2.45) is 0 Å². The Balaban J connectivity index is 3.17. The quantitative estimate of drug-likeness (QED) is 0.400. The van der Waals surface area contributed by atoms with Crippen LogP contribution in [0.1, 0.15) is 5.56 Å². The molecule has 1 aromatic carbocycles. The predicted octanol–water partition coefficient (Wildman–Crippen LogP) is 0.975. The molecule has 0 saturated heterocycles. The number of anilines is 1. The molecule has 0 spiro atoms. The molecule has 0 aliphatic rings. The summed E-state index contributed by atoms with van der Waals surface area (Å²) >= 11 is 0. The van der Waals surface area contributed by atoms with E-state index in [0.29, 0.717) is 11.3 Å². The summed E-state index contributed by atoms with van der Waals surface area (Å²) < 4.78 is 21.2. The Bertz CT molecular complexity index is 381. The van der Waals surface area contributed by atoms with Crippen molar-refractivity contribution in [1.29, 1.82) is 0 Å². The maximum absolute atomic E-state index is 11.6. The molecular weight excluding hydrogens is 204 g/mol. The first-order valence-electron chi connectivity index (χ1n) is 3.90. The van der Waals surface area contributed by atoms with E-state index in [9.17, 15) is 8.76 Å². The van der Waals surface area contributed by atoms with Gasteiger partial charge in [0.15, 0.2) is 0 Å². The minimum absolute atomic E-state index is 0.236. The third-order valence-corrected chi connectivity index (χ3v) is 3.14. The summed E-state index contributed by atoms with van der Waals surface area (Å²) in [5.74, 6) is 0. The first-order chi connectivity index (χ1) is 6.47. The molecule has 0 aliphatic heterocycles. The second-order valence-corrected chi connectivity index (χ2v) is 4.50. The summed E-state index contributed by atoms with van der Waals surface area (Å²) in [6.07, 6.45) is 0. The van der Waals surface area contributed by atoms with Crippen molar-refractivity contribution in [3.63, 3.8) is 0 Å². The SMILES string of the molecule is CON[S+](=O)(O)c1cc(N)ccc1C. The highest BCUT2D eigenvalue weighted by atomic mass is 32.3. The van der Waals surface area contributed by atoms with E-state index in [1.165, 1.54) is 13.2 Å². The van der Waals surface area contributed by atoms with Crippen LogP contribution in [0, 0.1) is 6.92 Å². The van der Waals surface area contributed by atoms with Crippen LogP contribution in [0.5, 0.6) is 0 Å². The molecule has 0 heterocycles. The normalized spacial score (nSPS) is 15.1. The molecule has 1 aromatic rings. The molecule has 78 valence electrons. The fourth-order valence-electron chi connectivity index (χ4n) is 1.07. The second-order valence-electron chi connectivity index (χ2n) is 2.84. The zero-order valence-corrected chi connectivity index (χ0v) is 8.80. The van der Waals surface area contributed by atoms with Gasteiger partial charge in [-0.2, -0.15) is 4.55 Å². The lowest BCUT2D eigenvalue weighted by Crippen LogP contribution is -2.29. The van der Waals surface area contributed by atoms with Gasteiger partial charge >= 0.3 is 10.4 Å². The van der Waals surface area contributed by atoms with Crippen LogP contribution in [0.15, 0.2) is 23.1 Å². The third kappa shape index (κ3) is 2.30. The summed E-state index contributed by atoms with van der Waals surface area (Å²) in [7, 11) is -2.09. The number of hydrogen-bond acceptors (Lipinski definition) is 3. The Morgan fingerprint density at radius 2 is 2.21 bits per heavy atom. The largest absolute Gasteiger partial charge is 0.399 e. The number of hydrogen-bond donors (Lipinski definition) is 3. The van der Waals surface area contributed by atoms with Crippen LogP contribution in [0.3, 0.4) is 0 Å². The van der Waals surface area contributed by atoms with E-state index in [1.54, 1.807) is 19.1 Å². The summed E-state index contributed by atoms with van der Waals surface area (Å²) in [5.41, 5.74) is 6.63. The van der Waals surface area contributed by atoms with Gasteiger partial charge < -0.3 is 5.73 Å². The van der Waals surface area contributed by atoms with Crippen molar-refractivity contribution in [3.05, 3.63) is 23.8 Å². The van der Waals surface area contributed by atoms with Gasteiger partial charge in [-0.15, -0.1) is 0 Å². The molecule has 0 aliphatic carbocycles. The summed E-state index contributed by atoms with van der Waals surface area (Å²) in [6, 6.07) is 4.79. The fourth-order valence-corrected chi connectivity index (χ4v) is 2.19. The summed E-state index contributed by atoms with van der Waals surface area (Å²) in [6.45, 7) is 1.72. The van der Waals surface area contributed by atoms with Gasteiger partial charge in [-0.1, -0.05) is 6.07 Å². The van der Waals surface area contributed by atoms with Crippen LogP contribution >= 0.6 is 0 Å². The molecule has 0 radical (unpaired) electrons. The highest BCUT2D eigenvalue weighted by molar-refractivity contribution is 7.95. The van der Waals surface area contributed by atoms with Crippen molar-refractivity contribution in [2.45, 2.75) is 11.8 Å². The van der Waals surface area contributed by atoms with Gasteiger partial charge in [0.25, 0.3) is 0 Å². The van der Waals surface area contributed by atoms with Crippen LogP contribution in [-0.2, 0) is 19.4 Å². The van der Waals surface area contributed by atoms with Gasteiger partial charge in [0.05, 0.1) is 7.11 Å². The fraction of sp³-hybridized carbons (Fsp3) is 0.250. The maximum atomic E-state index is 11.6. The van der Waals surface area contributed by atoms with Crippen molar-refractivity contribution < 1.29 is 13.6 Å². The maximum Gasteiger partial charge on any atom is 0.347 e. The molecular formula is C8H13N2O3S+. The van der Waals surface area contributed by atoms with Crippen molar-refractivity contribution in [2.75, 3.05) is 12.8 Å². The van der Waals surface area contributed by atoms with Crippen LogP contribution in [0.2, 0.25) is 0 Å². The van der Waals surface area contributed by atoms with Gasteiger partial charge in [-0.3, -0.25) is 4.84 Å².